The van der Waals surface area contributed by atoms with E-state index in [4.69, 9.17) is 15.2 Å². The zero-order valence-electron chi connectivity index (χ0n) is 11.1. The van der Waals surface area contributed by atoms with Crippen molar-refractivity contribution in [3.05, 3.63) is 40.0 Å². The Bertz CT molecular complexity index is 734. The zero-order valence-corrected chi connectivity index (χ0v) is 12.7. The van der Waals surface area contributed by atoms with Crippen LogP contribution in [0.1, 0.15) is 15.9 Å². The third-order valence-corrected chi connectivity index (χ3v) is 3.50. The lowest BCUT2D eigenvalue weighted by Crippen LogP contribution is -2.15. The Hall–Kier alpha value is -2.28. The molecule has 3 rings (SSSR count). The smallest absolute Gasteiger partial charge is 0.259 e. The fourth-order valence-electron chi connectivity index (χ4n) is 2.00. The molecular weight excluding hydrogens is 338 g/mol. The van der Waals surface area contributed by atoms with Gasteiger partial charge >= 0.3 is 0 Å². The third kappa shape index (κ3) is 2.64. The fraction of sp³-hybridized carbons (Fsp3) is 0.143. The van der Waals surface area contributed by atoms with Gasteiger partial charge in [0, 0.05) is 22.4 Å². The van der Waals surface area contributed by atoms with Gasteiger partial charge in [-0.05, 0) is 40.5 Å². The second-order valence-electron chi connectivity index (χ2n) is 4.57. The van der Waals surface area contributed by atoms with Crippen LogP contribution in [-0.2, 0) is 0 Å². The Morgan fingerprint density at radius 1 is 1.33 bits per heavy atom. The number of pyridine rings is 1. The molecule has 0 fully saturated rings. The number of anilines is 2. The van der Waals surface area contributed by atoms with Gasteiger partial charge in [-0.15, -0.1) is 0 Å². The molecule has 0 spiro atoms. The monoisotopic (exact) mass is 349 g/mol. The van der Waals surface area contributed by atoms with Gasteiger partial charge in [0.15, 0.2) is 11.5 Å². The lowest BCUT2D eigenvalue weighted by atomic mass is 10.1. The first-order valence-electron chi connectivity index (χ1n) is 6.17. The van der Waals surface area contributed by atoms with E-state index in [-0.39, 0.29) is 12.7 Å². The van der Waals surface area contributed by atoms with Crippen molar-refractivity contribution in [2.75, 3.05) is 17.8 Å². The third-order valence-electron chi connectivity index (χ3n) is 3.07. The number of aromatic nitrogens is 1. The fourth-order valence-corrected chi connectivity index (χ4v) is 2.45. The number of fused-ring (bicyclic) bond motifs is 1. The highest BCUT2D eigenvalue weighted by Gasteiger charge is 2.20. The molecule has 1 aromatic heterocycles. The molecule has 6 nitrogen and oxygen atoms in total. The van der Waals surface area contributed by atoms with E-state index < -0.39 is 0 Å². The minimum absolute atomic E-state index is 0.132. The molecule has 1 aromatic carbocycles. The van der Waals surface area contributed by atoms with Crippen LogP contribution in [0, 0.1) is 6.92 Å². The molecule has 1 aliphatic rings. The number of ether oxygens (including phenoxy) is 2. The molecule has 0 unspecified atom stereocenters. The minimum atomic E-state index is -0.344. The normalized spacial score (nSPS) is 12.3. The van der Waals surface area contributed by atoms with Crippen LogP contribution in [0.3, 0.4) is 0 Å². The standard InChI is InChI=1S/C14H12BrN3O3/c1-7-2-8(15)5-17-13(7)18-14(19)9-3-11-12(4-10(9)16)21-6-20-11/h2-5H,6,16H2,1H3,(H,17,18,19). The maximum Gasteiger partial charge on any atom is 0.259 e. The summed E-state index contributed by atoms with van der Waals surface area (Å²) in [6.45, 7) is 1.99. The van der Waals surface area contributed by atoms with Crippen molar-refractivity contribution in [1.29, 1.82) is 0 Å². The molecule has 0 radical (unpaired) electrons. The molecule has 1 amide bonds. The molecule has 0 saturated carbocycles. The zero-order chi connectivity index (χ0) is 15.0. The summed E-state index contributed by atoms with van der Waals surface area (Å²) in [6, 6.07) is 5.02. The quantitative estimate of drug-likeness (QED) is 0.814. The number of rotatable bonds is 2. The molecule has 2 heterocycles. The number of nitrogens with one attached hydrogen (secondary N) is 1. The van der Waals surface area contributed by atoms with E-state index in [0.29, 0.717) is 28.6 Å². The van der Waals surface area contributed by atoms with Crippen molar-refractivity contribution in [1.82, 2.24) is 4.98 Å². The molecule has 2 aromatic rings. The van der Waals surface area contributed by atoms with Gasteiger partial charge in [-0.1, -0.05) is 0 Å². The first kappa shape index (κ1) is 13.7. The predicted molar refractivity (Wildman–Crippen MR) is 81.6 cm³/mol. The Kier molecular flexibility index (Phi) is 3.42. The highest BCUT2D eigenvalue weighted by Crippen LogP contribution is 2.36. The highest BCUT2D eigenvalue weighted by molar-refractivity contribution is 9.10. The first-order chi connectivity index (χ1) is 10.0. The Morgan fingerprint density at radius 3 is 2.76 bits per heavy atom. The van der Waals surface area contributed by atoms with Gasteiger partial charge in [-0.3, -0.25) is 4.79 Å². The molecule has 108 valence electrons. The van der Waals surface area contributed by atoms with Gasteiger partial charge in [0.05, 0.1) is 5.56 Å². The van der Waals surface area contributed by atoms with Gasteiger partial charge in [0.25, 0.3) is 5.91 Å². The van der Waals surface area contributed by atoms with Crippen LogP contribution in [0.15, 0.2) is 28.9 Å². The number of nitrogens with two attached hydrogens (primary N) is 1. The molecule has 21 heavy (non-hydrogen) atoms. The van der Waals surface area contributed by atoms with Crippen LogP contribution in [0.5, 0.6) is 11.5 Å². The topological polar surface area (TPSA) is 86.5 Å². The molecule has 0 saturated heterocycles. The van der Waals surface area contributed by atoms with E-state index in [1.807, 2.05) is 13.0 Å². The maximum absolute atomic E-state index is 12.3. The Balaban J connectivity index is 1.89. The minimum Gasteiger partial charge on any atom is -0.454 e. The van der Waals surface area contributed by atoms with Crippen LogP contribution < -0.4 is 20.5 Å². The summed E-state index contributed by atoms with van der Waals surface area (Å²) in [6.07, 6.45) is 1.62. The van der Waals surface area contributed by atoms with Gasteiger partial charge in [-0.25, -0.2) is 4.98 Å². The van der Waals surface area contributed by atoms with Crippen LogP contribution in [-0.4, -0.2) is 17.7 Å². The van der Waals surface area contributed by atoms with E-state index >= 15 is 0 Å². The maximum atomic E-state index is 12.3. The van der Waals surface area contributed by atoms with E-state index in [9.17, 15) is 4.79 Å². The number of nitrogen functional groups attached to an aromatic ring is 1. The molecule has 7 heteroatoms. The lowest BCUT2D eigenvalue weighted by Gasteiger charge is -2.10. The number of carbonyl (C=O) groups excluding carboxylic acids is 1. The van der Waals surface area contributed by atoms with E-state index in [2.05, 4.69) is 26.2 Å². The van der Waals surface area contributed by atoms with Crippen molar-refractivity contribution in [2.24, 2.45) is 0 Å². The van der Waals surface area contributed by atoms with Crippen molar-refractivity contribution in [2.45, 2.75) is 6.92 Å². The number of hydrogen-bond donors (Lipinski definition) is 2. The van der Waals surface area contributed by atoms with E-state index in [0.717, 1.165) is 10.0 Å². The van der Waals surface area contributed by atoms with Crippen molar-refractivity contribution >= 4 is 33.3 Å². The summed E-state index contributed by atoms with van der Waals surface area (Å²) in [5.41, 5.74) is 7.38. The number of aryl methyl sites for hydroxylation is 1. The number of benzene rings is 1. The number of nitrogens with zero attached hydrogens (tertiary/aromatic N) is 1. The van der Waals surface area contributed by atoms with E-state index in [1.54, 1.807) is 18.3 Å². The van der Waals surface area contributed by atoms with Gasteiger partial charge in [0.1, 0.15) is 5.82 Å². The molecule has 0 atom stereocenters. The summed E-state index contributed by atoms with van der Waals surface area (Å²) >= 11 is 3.33. The predicted octanol–water partition coefficient (Wildman–Crippen LogP) is 2.72. The number of amides is 1. The van der Waals surface area contributed by atoms with Crippen molar-refractivity contribution < 1.29 is 14.3 Å². The molecular formula is C14H12BrN3O3. The number of carbonyl (C=O) groups is 1. The molecule has 3 N–H and O–H groups in total. The molecule has 0 aliphatic carbocycles. The Labute approximate surface area is 129 Å². The number of hydrogen-bond acceptors (Lipinski definition) is 5. The lowest BCUT2D eigenvalue weighted by molar-refractivity contribution is 0.102. The van der Waals surface area contributed by atoms with Crippen LogP contribution in [0.25, 0.3) is 0 Å². The van der Waals surface area contributed by atoms with Gasteiger partial charge < -0.3 is 20.5 Å². The number of halogens is 1. The van der Waals surface area contributed by atoms with Gasteiger partial charge in [-0.2, -0.15) is 0 Å². The summed E-state index contributed by atoms with van der Waals surface area (Å²) in [5, 5.41) is 2.74. The highest BCUT2D eigenvalue weighted by atomic mass is 79.9. The summed E-state index contributed by atoms with van der Waals surface area (Å²) < 4.78 is 11.3. The molecule has 0 bridgehead atoms. The van der Waals surface area contributed by atoms with Crippen molar-refractivity contribution in [3.8, 4) is 11.5 Å². The van der Waals surface area contributed by atoms with Crippen LogP contribution >= 0.6 is 15.9 Å². The molecule has 1 aliphatic heterocycles. The summed E-state index contributed by atoms with van der Waals surface area (Å²) in [7, 11) is 0. The first-order valence-corrected chi connectivity index (χ1v) is 6.96. The largest absolute Gasteiger partial charge is 0.454 e. The second-order valence-corrected chi connectivity index (χ2v) is 5.48. The average molecular weight is 350 g/mol. The second kappa shape index (κ2) is 5.25. The van der Waals surface area contributed by atoms with Crippen LogP contribution in [0.2, 0.25) is 0 Å². The summed E-state index contributed by atoms with van der Waals surface area (Å²) in [5.74, 6) is 1.20. The van der Waals surface area contributed by atoms with Gasteiger partial charge in [0.2, 0.25) is 6.79 Å². The van der Waals surface area contributed by atoms with Crippen LogP contribution in [0.4, 0.5) is 11.5 Å². The average Bonchev–Trinajstić information content (AvgIpc) is 2.88. The van der Waals surface area contributed by atoms with Crippen molar-refractivity contribution in [3.63, 3.8) is 0 Å². The van der Waals surface area contributed by atoms with E-state index in [1.165, 1.54) is 0 Å². The Morgan fingerprint density at radius 2 is 2.05 bits per heavy atom. The SMILES string of the molecule is Cc1cc(Br)cnc1NC(=O)c1cc2c(cc1N)OCO2. The summed E-state index contributed by atoms with van der Waals surface area (Å²) in [4.78, 5) is 16.5.